The summed E-state index contributed by atoms with van der Waals surface area (Å²) >= 11 is 0. The summed E-state index contributed by atoms with van der Waals surface area (Å²) in [6.45, 7) is 0.932. The molecule has 1 fully saturated rings. The number of amides is 2. The Morgan fingerprint density at radius 3 is 2.88 bits per heavy atom. The number of carbonyl (C=O) groups is 2. The van der Waals surface area contributed by atoms with Crippen molar-refractivity contribution in [3.05, 3.63) is 42.2 Å². The average molecular weight is 341 g/mol. The van der Waals surface area contributed by atoms with Crippen molar-refractivity contribution in [2.75, 3.05) is 27.3 Å². The molecule has 1 N–H and O–H groups in total. The van der Waals surface area contributed by atoms with Gasteiger partial charge in [0.2, 0.25) is 5.91 Å². The van der Waals surface area contributed by atoms with Crippen LogP contribution in [0.15, 0.2) is 36.5 Å². The van der Waals surface area contributed by atoms with E-state index in [9.17, 15) is 9.59 Å². The molecule has 2 heterocycles. The summed E-state index contributed by atoms with van der Waals surface area (Å²) in [5, 5.41) is 4.46. The normalized spacial score (nSPS) is 20.0. The molecule has 0 spiro atoms. The van der Waals surface area contributed by atoms with Crippen LogP contribution in [0.1, 0.15) is 29.8 Å². The van der Waals surface area contributed by atoms with Gasteiger partial charge in [0.05, 0.1) is 18.6 Å². The molecule has 1 aromatic heterocycles. The molecule has 2 aromatic rings. The lowest BCUT2D eigenvalue weighted by atomic mass is 9.91. The third kappa shape index (κ3) is 3.22. The fraction of sp³-hybridized carbons (Fsp3) is 0.421. The number of pyridine rings is 1. The third-order valence-electron chi connectivity index (χ3n) is 4.90. The number of hydrogen-bond donors (Lipinski definition) is 1. The van der Waals surface area contributed by atoms with E-state index in [0.29, 0.717) is 18.8 Å². The van der Waals surface area contributed by atoms with Gasteiger partial charge >= 0.3 is 0 Å². The number of nitrogens with zero attached hydrogens (tertiary/aromatic N) is 2. The molecule has 1 aliphatic rings. The first-order valence-electron chi connectivity index (χ1n) is 8.46. The first-order chi connectivity index (χ1) is 12.1. The van der Waals surface area contributed by atoms with Crippen LogP contribution in [0.4, 0.5) is 0 Å². The van der Waals surface area contributed by atoms with Crippen LogP contribution >= 0.6 is 0 Å². The number of hydrogen-bond acceptors (Lipinski definition) is 4. The Morgan fingerprint density at radius 1 is 1.32 bits per heavy atom. The van der Waals surface area contributed by atoms with Gasteiger partial charge in [-0.05, 0) is 24.3 Å². The van der Waals surface area contributed by atoms with Gasteiger partial charge in [-0.3, -0.25) is 14.6 Å². The van der Waals surface area contributed by atoms with Crippen molar-refractivity contribution in [2.45, 2.75) is 24.8 Å². The molecule has 25 heavy (non-hydrogen) atoms. The van der Waals surface area contributed by atoms with Crippen molar-refractivity contribution >= 4 is 22.6 Å². The first kappa shape index (κ1) is 17.4. The Morgan fingerprint density at radius 2 is 2.12 bits per heavy atom. The molecule has 1 saturated heterocycles. The fourth-order valence-corrected chi connectivity index (χ4v) is 3.71. The minimum absolute atomic E-state index is 0.0948. The zero-order valence-corrected chi connectivity index (χ0v) is 14.6. The summed E-state index contributed by atoms with van der Waals surface area (Å²) in [5.41, 5.74) is -0.192. The van der Waals surface area contributed by atoms with Crippen LogP contribution in [0.25, 0.3) is 10.8 Å². The molecule has 2 amide bonds. The van der Waals surface area contributed by atoms with Gasteiger partial charge in [0, 0.05) is 32.3 Å². The number of aromatic nitrogens is 1. The van der Waals surface area contributed by atoms with Crippen molar-refractivity contribution in [3.63, 3.8) is 0 Å². The van der Waals surface area contributed by atoms with E-state index in [4.69, 9.17) is 4.74 Å². The van der Waals surface area contributed by atoms with Gasteiger partial charge in [-0.2, -0.15) is 0 Å². The predicted molar refractivity (Wildman–Crippen MR) is 95.3 cm³/mol. The average Bonchev–Trinajstić information content (AvgIpc) is 3.04. The molecule has 1 atom stereocenters. The zero-order chi connectivity index (χ0) is 17.9. The smallest absolute Gasteiger partial charge is 0.273 e. The van der Waals surface area contributed by atoms with Crippen LogP contribution in [0, 0.1) is 0 Å². The highest BCUT2D eigenvalue weighted by Crippen LogP contribution is 2.35. The number of likely N-dealkylation sites (tertiary alicyclic amines) is 1. The minimum Gasteiger partial charge on any atom is -0.382 e. The van der Waals surface area contributed by atoms with E-state index in [2.05, 4.69) is 10.3 Å². The van der Waals surface area contributed by atoms with Gasteiger partial charge in [-0.1, -0.05) is 24.3 Å². The van der Waals surface area contributed by atoms with Gasteiger partial charge in [-0.25, -0.2) is 0 Å². The van der Waals surface area contributed by atoms with Crippen LogP contribution in [0.3, 0.4) is 0 Å². The van der Waals surface area contributed by atoms with Crippen LogP contribution in [-0.4, -0.2) is 54.5 Å². The molecule has 1 aliphatic heterocycles. The monoisotopic (exact) mass is 341 g/mol. The van der Waals surface area contributed by atoms with E-state index in [1.807, 2.05) is 30.3 Å². The molecule has 1 aromatic carbocycles. The molecule has 6 nitrogen and oxygen atoms in total. The molecule has 0 radical (unpaired) electrons. The Hall–Kier alpha value is -2.47. The lowest BCUT2D eigenvalue weighted by Gasteiger charge is -2.37. The van der Waals surface area contributed by atoms with Gasteiger partial charge in [0.1, 0.15) is 5.69 Å². The lowest BCUT2D eigenvalue weighted by Crippen LogP contribution is -2.53. The van der Waals surface area contributed by atoms with Crippen molar-refractivity contribution in [2.24, 2.45) is 0 Å². The largest absolute Gasteiger partial charge is 0.382 e. The van der Waals surface area contributed by atoms with Crippen LogP contribution in [0.2, 0.25) is 0 Å². The van der Waals surface area contributed by atoms with Crippen molar-refractivity contribution in [3.8, 4) is 0 Å². The lowest BCUT2D eigenvalue weighted by molar-refractivity contribution is -0.123. The number of ether oxygens (including phenoxy) is 1. The van der Waals surface area contributed by atoms with E-state index in [0.717, 1.165) is 23.6 Å². The topological polar surface area (TPSA) is 71.5 Å². The highest BCUT2D eigenvalue weighted by Gasteiger charge is 2.45. The molecular weight excluding hydrogens is 318 g/mol. The van der Waals surface area contributed by atoms with E-state index >= 15 is 0 Å². The second-order valence-corrected chi connectivity index (χ2v) is 6.45. The molecule has 1 unspecified atom stereocenters. The molecule has 0 bridgehead atoms. The Kier molecular flexibility index (Phi) is 4.99. The molecule has 6 heteroatoms. The number of methoxy groups -OCH3 is 1. The Balaban J connectivity index is 2.00. The second kappa shape index (κ2) is 7.19. The first-order valence-corrected chi connectivity index (χ1v) is 8.46. The van der Waals surface area contributed by atoms with Crippen LogP contribution < -0.4 is 5.32 Å². The van der Waals surface area contributed by atoms with E-state index in [1.54, 1.807) is 25.3 Å². The molecular formula is C19H23N3O3. The molecule has 0 aliphatic carbocycles. The minimum atomic E-state index is -0.620. The van der Waals surface area contributed by atoms with Gasteiger partial charge < -0.3 is 15.0 Å². The number of benzene rings is 1. The second-order valence-electron chi connectivity index (χ2n) is 6.45. The summed E-state index contributed by atoms with van der Waals surface area (Å²) < 4.78 is 5.38. The summed E-state index contributed by atoms with van der Waals surface area (Å²) in [4.78, 5) is 31.5. The Bertz CT molecular complexity index is 787. The van der Waals surface area contributed by atoms with Gasteiger partial charge in [0.15, 0.2) is 0 Å². The standard InChI is InChI=1S/C19H23N3O3/c1-20-16(23)12-19(13-25-2)9-5-11-22(19)18(24)17-15-7-4-3-6-14(15)8-10-21-17/h3-4,6-8,10H,5,9,11-13H2,1-2H3,(H,20,23). The van der Waals surface area contributed by atoms with Crippen LogP contribution in [0.5, 0.6) is 0 Å². The number of nitrogens with one attached hydrogen (secondary N) is 1. The van der Waals surface area contributed by atoms with Gasteiger partial charge in [-0.15, -0.1) is 0 Å². The zero-order valence-electron chi connectivity index (χ0n) is 14.6. The summed E-state index contributed by atoms with van der Waals surface area (Å²) in [6.07, 6.45) is 3.47. The van der Waals surface area contributed by atoms with E-state index < -0.39 is 5.54 Å². The molecule has 0 saturated carbocycles. The summed E-state index contributed by atoms with van der Waals surface area (Å²) in [6, 6.07) is 9.60. The summed E-state index contributed by atoms with van der Waals surface area (Å²) in [7, 11) is 3.21. The van der Waals surface area contributed by atoms with Crippen molar-refractivity contribution in [1.29, 1.82) is 0 Å². The third-order valence-corrected chi connectivity index (χ3v) is 4.90. The Labute approximate surface area is 147 Å². The molecule has 3 rings (SSSR count). The highest BCUT2D eigenvalue weighted by molar-refractivity contribution is 6.05. The van der Waals surface area contributed by atoms with Crippen molar-refractivity contribution in [1.82, 2.24) is 15.2 Å². The quantitative estimate of drug-likeness (QED) is 0.903. The fourth-order valence-electron chi connectivity index (χ4n) is 3.71. The molecule has 132 valence electrons. The number of carbonyl (C=O) groups excluding carboxylic acids is 2. The van der Waals surface area contributed by atoms with Crippen molar-refractivity contribution < 1.29 is 14.3 Å². The highest BCUT2D eigenvalue weighted by atomic mass is 16.5. The van der Waals surface area contributed by atoms with E-state index in [1.165, 1.54) is 0 Å². The predicted octanol–water partition coefficient (Wildman–Crippen LogP) is 1.99. The van der Waals surface area contributed by atoms with Gasteiger partial charge in [0.25, 0.3) is 5.91 Å². The van der Waals surface area contributed by atoms with E-state index in [-0.39, 0.29) is 18.2 Å². The maximum Gasteiger partial charge on any atom is 0.273 e. The number of fused-ring (bicyclic) bond motifs is 1. The van der Waals surface area contributed by atoms with Crippen LogP contribution in [-0.2, 0) is 9.53 Å². The summed E-state index contributed by atoms with van der Waals surface area (Å²) in [5.74, 6) is -0.238. The number of rotatable bonds is 5. The SMILES string of the molecule is CNC(=O)CC1(COC)CCCN1C(=O)c1nccc2ccccc12. The maximum absolute atomic E-state index is 13.3. The maximum atomic E-state index is 13.3.